The van der Waals surface area contributed by atoms with Crippen LogP contribution in [0.2, 0.25) is 0 Å². The molecule has 0 aliphatic carbocycles. The van der Waals surface area contributed by atoms with E-state index in [0.717, 1.165) is 5.56 Å². The highest BCUT2D eigenvalue weighted by Crippen LogP contribution is 2.15. The molecule has 0 spiro atoms. The van der Waals surface area contributed by atoms with Crippen molar-refractivity contribution in [1.82, 2.24) is 34.5 Å². The first-order valence-corrected chi connectivity index (χ1v) is 5.54. The van der Waals surface area contributed by atoms with Crippen molar-refractivity contribution in [1.29, 1.82) is 0 Å². The molecule has 8 heteroatoms. The fourth-order valence-electron chi connectivity index (χ4n) is 1.51. The molecule has 94 valence electrons. The number of rotatable bonds is 3. The van der Waals surface area contributed by atoms with Crippen LogP contribution in [0.15, 0.2) is 37.4 Å². The summed E-state index contributed by atoms with van der Waals surface area (Å²) in [6.07, 6.45) is 9.81. The lowest BCUT2D eigenvalue weighted by atomic mass is 10.3. The van der Waals surface area contributed by atoms with Crippen LogP contribution in [0.25, 0.3) is 17.3 Å². The van der Waals surface area contributed by atoms with E-state index < -0.39 is 0 Å². The predicted octanol–water partition coefficient (Wildman–Crippen LogP) is 0.556. The summed E-state index contributed by atoms with van der Waals surface area (Å²) in [5.74, 6) is 1.46. The molecule has 3 aromatic heterocycles. The molecule has 8 nitrogen and oxygen atoms in total. The fourth-order valence-corrected chi connectivity index (χ4v) is 1.51. The molecule has 0 amide bonds. The summed E-state index contributed by atoms with van der Waals surface area (Å²) in [4.78, 5) is 24.8. The van der Waals surface area contributed by atoms with E-state index in [2.05, 4.69) is 35.2 Å². The number of aromatic nitrogens is 7. The van der Waals surface area contributed by atoms with Crippen molar-refractivity contribution in [3.63, 3.8) is 0 Å². The molecule has 0 saturated heterocycles. The highest BCUT2D eigenvalue weighted by molar-refractivity contribution is 5.54. The van der Waals surface area contributed by atoms with Crippen molar-refractivity contribution < 1.29 is 0 Å². The monoisotopic (exact) mass is 254 g/mol. The first-order chi connectivity index (χ1) is 9.36. The van der Waals surface area contributed by atoms with Gasteiger partial charge >= 0.3 is 0 Å². The van der Waals surface area contributed by atoms with E-state index in [1.54, 1.807) is 42.7 Å². The van der Waals surface area contributed by atoms with Crippen LogP contribution < -0.4 is 5.32 Å². The Hall–Kier alpha value is -2.90. The van der Waals surface area contributed by atoms with E-state index in [4.69, 9.17) is 0 Å². The lowest BCUT2D eigenvalue weighted by Gasteiger charge is -2.06. The number of hydrogen-bond donors (Lipinski definition) is 1. The Kier molecular flexibility index (Phi) is 2.81. The molecule has 0 aromatic carbocycles. The van der Waals surface area contributed by atoms with Gasteiger partial charge in [-0.05, 0) is 0 Å². The molecular formula is C11H10N8. The summed E-state index contributed by atoms with van der Waals surface area (Å²) in [6, 6.07) is 0. The zero-order chi connectivity index (χ0) is 13.1. The van der Waals surface area contributed by atoms with Crippen LogP contribution in [0.4, 0.5) is 5.95 Å². The van der Waals surface area contributed by atoms with E-state index in [0.29, 0.717) is 17.7 Å². The third-order valence-corrected chi connectivity index (χ3v) is 2.40. The Morgan fingerprint density at radius 3 is 2.58 bits per heavy atom. The van der Waals surface area contributed by atoms with E-state index in [-0.39, 0.29) is 0 Å². The average Bonchev–Trinajstić information content (AvgIpc) is 3.02. The number of anilines is 1. The quantitative estimate of drug-likeness (QED) is 0.729. The van der Waals surface area contributed by atoms with Crippen LogP contribution in [0.5, 0.6) is 0 Å². The van der Waals surface area contributed by atoms with Crippen molar-refractivity contribution >= 4 is 5.95 Å². The molecule has 19 heavy (non-hydrogen) atoms. The van der Waals surface area contributed by atoms with Crippen LogP contribution in [-0.2, 0) is 0 Å². The predicted molar refractivity (Wildman–Crippen MR) is 67.5 cm³/mol. The first-order valence-electron chi connectivity index (χ1n) is 5.54. The Morgan fingerprint density at radius 2 is 1.89 bits per heavy atom. The summed E-state index contributed by atoms with van der Waals surface area (Å²) in [5.41, 5.74) is 0.725. The fraction of sp³-hybridized carbons (Fsp3) is 0.0909. The average molecular weight is 254 g/mol. The van der Waals surface area contributed by atoms with Crippen molar-refractivity contribution in [2.24, 2.45) is 0 Å². The van der Waals surface area contributed by atoms with Gasteiger partial charge in [0.1, 0.15) is 12.7 Å². The zero-order valence-electron chi connectivity index (χ0n) is 10.1. The SMILES string of the molecule is CNc1nc(-c2cncnc2)nc(-n2ccnc2)n1. The van der Waals surface area contributed by atoms with Gasteiger partial charge in [0.2, 0.25) is 11.9 Å². The molecule has 0 aliphatic heterocycles. The van der Waals surface area contributed by atoms with E-state index in [1.165, 1.54) is 6.33 Å². The maximum absolute atomic E-state index is 4.37. The maximum atomic E-state index is 4.37. The molecule has 0 unspecified atom stereocenters. The molecule has 1 N–H and O–H groups in total. The summed E-state index contributed by atoms with van der Waals surface area (Å²) < 4.78 is 1.70. The van der Waals surface area contributed by atoms with Gasteiger partial charge in [-0.3, -0.25) is 4.57 Å². The van der Waals surface area contributed by atoms with E-state index in [9.17, 15) is 0 Å². The minimum absolute atomic E-state index is 0.470. The Labute approximate surface area is 108 Å². The van der Waals surface area contributed by atoms with E-state index in [1.807, 2.05) is 0 Å². The molecular weight excluding hydrogens is 244 g/mol. The van der Waals surface area contributed by atoms with E-state index >= 15 is 0 Å². The van der Waals surface area contributed by atoms with Crippen LogP contribution in [0.3, 0.4) is 0 Å². The second kappa shape index (κ2) is 4.77. The first kappa shape index (κ1) is 11.2. The van der Waals surface area contributed by atoms with Crippen molar-refractivity contribution in [2.45, 2.75) is 0 Å². The van der Waals surface area contributed by atoms with Gasteiger partial charge in [0, 0.05) is 31.8 Å². The smallest absolute Gasteiger partial charge is 0.240 e. The number of imidazole rings is 1. The third-order valence-electron chi connectivity index (χ3n) is 2.40. The normalized spacial score (nSPS) is 10.4. The molecule has 0 saturated carbocycles. The second-order valence-corrected chi connectivity index (χ2v) is 3.63. The molecule has 0 aliphatic rings. The van der Waals surface area contributed by atoms with Gasteiger partial charge < -0.3 is 5.32 Å². The Balaban J connectivity index is 2.13. The molecule has 0 radical (unpaired) electrons. The standard InChI is InChI=1S/C11H10N8/c1-12-10-16-9(8-4-14-6-15-5-8)17-11(18-10)19-3-2-13-7-19/h2-7H,1H3,(H,12,16,17,18). The van der Waals surface area contributed by atoms with Crippen LogP contribution in [0.1, 0.15) is 0 Å². The van der Waals surface area contributed by atoms with Crippen LogP contribution in [-0.4, -0.2) is 41.5 Å². The molecule has 0 fully saturated rings. The van der Waals surface area contributed by atoms with Gasteiger partial charge in [0.05, 0.1) is 5.56 Å². The van der Waals surface area contributed by atoms with Gasteiger partial charge in [-0.2, -0.15) is 15.0 Å². The molecule has 3 rings (SSSR count). The molecule has 3 heterocycles. The Morgan fingerprint density at radius 1 is 1.05 bits per heavy atom. The zero-order valence-corrected chi connectivity index (χ0v) is 10.1. The maximum Gasteiger partial charge on any atom is 0.240 e. The van der Waals surface area contributed by atoms with Crippen molar-refractivity contribution in [3.8, 4) is 17.3 Å². The number of nitrogens with zero attached hydrogens (tertiary/aromatic N) is 7. The summed E-state index contributed by atoms with van der Waals surface area (Å²) in [6.45, 7) is 0. The second-order valence-electron chi connectivity index (χ2n) is 3.63. The molecule has 0 bridgehead atoms. The highest BCUT2D eigenvalue weighted by Gasteiger charge is 2.09. The third kappa shape index (κ3) is 2.23. The minimum Gasteiger partial charge on any atom is -0.357 e. The highest BCUT2D eigenvalue weighted by atomic mass is 15.2. The minimum atomic E-state index is 0.470. The lowest BCUT2D eigenvalue weighted by Crippen LogP contribution is -2.07. The van der Waals surface area contributed by atoms with Gasteiger partial charge in [0.15, 0.2) is 5.82 Å². The molecule has 0 atom stereocenters. The topological polar surface area (TPSA) is 94.3 Å². The summed E-state index contributed by atoms with van der Waals surface area (Å²) in [7, 11) is 1.75. The largest absolute Gasteiger partial charge is 0.357 e. The molecule has 3 aromatic rings. The van der Waals surface area contributed by atoms with Crippen LogP contribution >= 0.6 is 0 Å². The Bertz CT molecular complexity index is 664. The van der Waals surface area contributed by atoms with Gasteiger partial charge in [-0.1, -0.05) is 0 Å². The van der Waals surface area contributed by atoms with Crippen molar-refractivity contribution in [3.05, 3.63) is 37.4 Å². The summed E-state index contributed by atoms with van der Waals surface area (Å²) in [5, 5.41) is 2.90. The lowest BCUT2D eigenvalue weighted by molar-refractivity contribution is 0.900. The van der Waals surface area contributed by atoms with Gasteiger partial charge in [-0.25, -0.2) is 15.0 Å². The number of nitrogens with one attached hydrogen (secondary N) is 1. The number of hydrogen-bond acceptors (Lipinski definition) is 7. The summed E-state index contributed by atoms with van der Waals surface area (Å²) >= 11 is 0. The van der Waals surface area contributed by atoms with Gasteiger partial charge in [0.25, 0.3) is 0 Å². The van der Waals surface area contributed by atoms with Gasteiger partial charge in [-0.15, -0.1) is 0 Å². The van der Waals surface area contributed by atoms with Crippen molar-refractivity contribution in [2.75, 3.05) is 12.4 Å². The van der Waals surface area contributed by atoms with Crippen LogP contribution in [0, 0.1) is 0 Å².